The Morgan fingerprint density at radius 3 is 2.62 bits per heavy atom. The van der Waals surface area contributed by atoms with E-state index in [1.54, 1.807) is 0 Å². The summed E-state index contributed by atoms with van der Waals surface area (Å²) in [6, 6.07) is 0. The number of unbranched alkanes of at least 4 members (excludes halogenated alkanes) is 1. The van der Waals surface area contributed by atoms with Crippen LogP contribution in [0.15, 0.2) is 12.2 Å². The van der Waals surface area contributed by atoms with E-state index in [4.69, 9.17) is 5.11 Å². The lowest BCUT2D eigenvalue weighted by molar-refractivity contribution is -0.142. The molecule has 76 valence electrons. The Kier molecular flexibility index (Phi) is 7.36. The van der Waals surface area contributed by atoms with Crippen molar-refractivity contribution in [3.05, 3.63) is 12.2 Å². The van der Waals surface area contributed by atoms with Crippen molar-refractivity contribution in [3.63, 3.8) is 0 Å². The predicted molar refractivity (Wildman–Crippen MR) is 54.7 cm³/mol. The molecule has 2 heteroatoms. The number of rotatable bonds is 7. The SMILES string of the molecule is C/C=C\CCCC(CCC)C(=O)O. The molecule has 0 aromatic heterocycles. The maximum absolute atomic E-state index is 10.7. The molecule has 0 heterocycles. The van der Waals surface area contributed by atoms with Crippen LogP contribution in [0.3, 0.4) is 0 Å². The second kappa shape index (κ2) is 7.84. The van der Waals surface area contributed by atoms with Crippen molar-refractivity contribution in [2.24, 2.45) is 5.92 Å². The first-order chi connectivity index (χ1) is 6.22. The lowest BCUT2D eigenvalue weighted by atomic mass is 9.97. The van der Waals surface area contributed by atoms with Gasteiger partial charge < -0.3 is 5.11 Å². The molecule has 0 aliphatic rings. The van der Waals surface area contributed by atoms with Gasteiger partial charge in [0.25, 0.3) is 0 Å². The number of carboxylic acid groups (broad SMARTS) is 1. The molecule has 0 amide bonds. The Morgan fingerprint density at radius 2 is 2.15 bits per heavy atom. The zero-order chi connectivity index (χ0) is 10.1. The summed E-state index contributed by atoms with van der Waals surface area (Å²) in [7, 11) is 0. The van der Waals surface area contributed by atoms with E-state index in [0.717, 1.165) is 32.1 Å². The monoisotopic (exact) mass is 184 g/mol. The topological polar surface area (TPSA) is 37.3 Å². The minimum absolute atomic E-state index is 0.129. The minimum Gasteiger partial charge on any atom is -0.481 e. The standard InChI is InChI=1S/C11H20O2/c1-3-5-6-7-9-10(8-4-2)11(12)13/h3,5,10H,4,6-9H2,1-2H3,(H,12,13)/b5-3-. The Labute approximate surface area is 80.7 Å². The van der Waals surface area contributed by atoms with Gasteiger partial charge in [-0.05, 0) is 32.6 Å². The van der Waals surface area contributed by atoms with Crippen molar-refractivity contribution < 1.29 is 9.90 Å². The maximum atomic E-state index is 10.7. The van der Waals surface area contributed by atoms with Crippen LogP contribution in [-0.4, -0.2) is 11.1 Å². The summed E-state index contributed by atoms with van der Waals surface area (Å²) in [5, 5.41) is 8.84. The highest BCUT2D eigenvalue weighted by molar-refractivity contribution is 5.69. The molecule has 0 rings (SSSR count). The van der Waals surface area contributed by atoms with E-state index in [0.29, 0.717) is 0 Å². The Hall–Kier alpha value is -0.790. The molecule has 0 aromatic rings. The second-order valence-electron chi connectivity index (χ2n) is 3.32. The molecule has 0 aliphatic carbocycles. The van der Waals surface area contributed by atoms with E-state index in [2.05, 4.69) is 6.08 Å². The first-order valence-corrected chi connectivity index (χ1v) is 5.06. The molecule has 1 unspecified atom stereocenters. The van der Waals surface area contributed by atoms with Crippen LogP contribution in [0, 0.1) is 5.92 Å². The molecular weight excluding hydrogens is 164 g/mol. The van der Waals surface area contributed by atoms with Gasteiger partial charge in [0.2, 0.25) is 0 Å². The maximum Gasteiger partial charge on any atom is 0.306 e. The Morgan fingerprint density at radius 1 is 1.46 bits per heavy atom. The lowest BCUT2D eigenvalue weighted by Crippen LogP contribution is -2.13. The molecule has 1 atom stereocenters. The lowest BCUT2D eigenvalue weighted by Gasteiger charge is -2.09. The summed E-state index contributed by atoms with van der Waals surface area (Å²) in [5.41, 5.74) is 0. The zero-order valence-corrected chi connectivity index (χ0v) is 8.62. The van der Waals surface area contributed by atoms with E-state index in [1.807, 2.05) is 19.9 Å². The van der Waals surface area contributed by atoms with Crippen molar-refractivity contribution in [1.82, 2.24) is 0 Å². The van der Waals surface area contributed by atoms with E-state index in [1.165, 1.54) is 0 Å². The Bertz CT molecular complexity index is 161. The highest BCUT2D eigenvalue weighted by Gasteiger charge is 2.14. The van der Waals surface area contributed by atoms with Gasteiger partial charge in [-0.1, -0.05) is 25.5 Å². The van der Waals surface area contributed by atoms with Crippen LogP contribution >= 0.6 is 0 Å². The van der Waals surface area contributed by atoms with Crippen molar-refractivity contribution in [3.8, 4) is 0 Å². The van der Waals surface area contributed by atoms with Crippen LogP contribution in [-0.2, 0) is 4.79 Å². The summed E-state index contributed by atoms with van der Waals surface area (Å²) >= 11 is 0. The van der Waals surface area contributed by atoms with Crippen LogP contribution in [0.1, 0.15) is 46.0 Å². The van der Waals surface area contributed by atoms with Crippen LogP contribution < -0.4 is 0 Å². The molecule has 0 bridgehead atoms. The summed E-state index contributed by atoms with van der Waals surface area (Å²) < 4.78 is 0. The predicted octanol–water partition coefficient (Wildman–Crippen LogP) is 3.23. The number of hydrogen-bond donors (Lipinski definition) is 1. The van der Waals surface area contributed by atoms with E-state index < -0.39 is 5.97 Å². The van der Waals surface area contributed by atoms with Crippen molar-refractivity contribution in [2.75, 3.05) is 0 Å². The van der Waals surface area contributed by atoms with Crippen molar-refractivity contribution >= 4 is 5.97 Å². The summed E-state index contributed by atoms with van der Waals surface area (Å²) in [4.78, 5) is 10.7. The number of allylic oxidation sites excluding steroid dienone is 2. The molecule has 0 spiro atoms. The van der Waals surface area contributed by atoms with Crippen molar-refractivity contribution in [1.29, 1.82) is 0 Å². The summed E-state index contributed by atoms with van der Waals surface area (Å²) in [6.07, 6.45) is 8.67. The van der Waals surface area contributed by atoms with Crippen molar-refractivity contribution in [2.45, 2.75) is 46.0 Å². The van der Waals surface area contributed by atoms with Crippen LogP contribution in [0.4, 0.5) is 0 Å². The average Bonchev–Trinajstić information content (AvgIpc) is 2.10. The third-order valence-corrected chi connectivity index (χ3v) is 2.15. The molecule has 0 aromatic carbocycles. The molecule has 13 heavy (non-hydrogen) atoms. The number of aliphatic carboxylic acids is 1. The van der Waals surface area contributed by atoms with Gasteiger partial charge in [0.1, 0.15) is 0 Å². The van der Waals surface area contributed by atoms with Gasteiger partial charge in [0.15, 0.2) is 0 Å². The molecule has 0 saturated carbocycles. The van der Waals surface area contributed by atoms with Gasteiger partial charge in [0.05, 0.1) is 5.92 Å². The van der Waals surface area contributed by atoms with Gasteiger partial charge in [-0.15, -0.1) is 0 Å². The fourth-order valence-electron chi connectivity index (χ4n) is 1.39. The third kappa shape index (κ3) is 6.38. The summed E-state index contributed by atoms with van der Waals surface area (Å²) in [6.45, 7) is 4.02. The average molecular weight is 184 g/mol. The highest BCUT2D eigenvalue weighted by atomic mass is 16.4. The fourth-order valence-corrected chi connectivity index (χ4v) is 1.39. The van der Waals surface area contributed by atoms with Gasteiger partial charge in [-0.2, -0.15) is 0 Å². The van der Waals surface area contributed by atoms with Gasteiger partial charge in [-0.3, -0.25) is 4.79 Å². The molecule has 2 nitrogen and oxygen atoms in total. The van der Waals surface area contributed by atoms with E-state index >= 15 is 0 Å². The van der Waals surface area contributed by atoms with Crippen LogP contribution in [0.5, 0.6) is 0 Å². The first-order valence-electron chi connectivity index (χ1n) is 5.06. The molecule has 0 fully saturated rings. The molecule has 1 N–H and O–H groups in total. The van der Waals surface area contributed by atoms with Gasteiger partial charge >= 0.3 is 5.97 Å². The summed E-state index contributed by atoms with van der Waals surface area (Å²) in [5.74, 6) is -0.766. The normalized spacial score (nSPS) is 13.4. The third-order valence-electron chi connectivity index (χ3n) is 2.15. The Balaban J connectivity index is 3.63. The largest absolute Gasteiger partial charge is 0.481 e. The van der Waals surface area contributed by atoms with E-state index in [9.17, 15) is 4.79 Å². The van der Waals surface area contributed by atoms with E-state index in [-0.39, 0.29) is 5.92 Å². The number of carboxylic acids is 1. The zero-order valence-electron chi connectivity index (χ0n) is 8.62. The smallest absolute Gasteiger partial charge is 0.306 e. The molecule has 0 radical (unpaired) electrons. The van der Waals surface area contributed by atoms with Gasteiger partial charge in [-0.25, -0.2) is 0 Å². The second-order valence-corrected chi connectivity index (χ2v) is 3.32. The minimum atomic E-state index is -0.637. The fraction of sp³-hybridized carbons (Fsp3) is 0.727. The quantitative estimate of drug-likeness (QED) is 0.487. The number of carbonyl (C=O) groups is 1. The van der Waals surface area contributed by atoms with Gasteiger partial charge in [0, 0.05) is 0 Å². The molecular formula is C11H20O2. The van der Waals surface area contributed by atoms with Crippen LogP contribution in [0.2, 0.25) is 0 Å². The molecule has 0 aliphatic heterocycles. The molecule has 0 saturated heterocycles. The highest BCUT2D eigenvalue weighted by Crippen LogP contribution is 2.15. The van der Waals surface area contributed by atoms with Crippen LogP contribution in [0.25, 0.3) is 0 Å². The first kappa shape index (κ1) is 12.2. The number of hydrogen-bond acceptors (Lipinski definition) is 1.